The van der Waals surface area contributed by atoms with Crippen molar-refractivity contribution in [1.82, 2.24) is 0 Å². The van der Waals surface area contributed by atoms with Gasteiger partial charge in [0.15, 0.2) is 11.5 Å². The monoisotopic (exact) mass is 294 g/mol. The van der Waals surface area contributed by atoms with Gasteiger partial charge in [-0.25, -0.2) is 0 Å². The topological polar surface area (TPSA) is 47.9 Å². The molecule has 0 amide bonds. The molecule has 1 heterocycles. The van der Waals surface area contributed by atoms with E-state index in [1.54, 1.807) is 33.5 Å². The lowest BCUT2D eigenvalue weighted by Gasteiger charge is -2.17. The molecule has 4 nitrogen and oxygen atoms in total. The molecule has 2 rings (SSSR count). The van der Waals surface area contributed by atoms with Crippen LogP contribution in [0.4, 0.5) is 0 Å². The summed E-state index contributed by atoms with van der Waals surface area (Å²) >= 11 is 1.53. The summed E-state index contributed by atoms with van der Waals surface area (Å²) in [6.07, 6.45) is -0.705. The fourth-order valence-corrected chi connectivity index (χ4v) is 3.01. The molecule has 1 aromatic carbocycles. The zero-order chi connectivity index (χ0) is 14.7. The minimum Gasteiger partial charge on any atom is -0.493 e. The molecule has 2 aromatic rings. The molecule has 0 bridgehead atoms. The Morgan fingerprint density at radius 3 is 2.05 bits per heavy atom. The van der Waals surface area contributed by atoms with E-state index in [-0.39, 0.29) is 0 Å². The Bertz CT molecular complexity index is 566. The maximum atomic E-state index is 10.5. The Hall–Kier alpha value is -1.72. The summed E-state index contributed by atoms with van der Waals surface area (Å²) in [7, 11) is 4.67. The molecule has 0 spiro atoms. The SMILES string of the molecule is COc1cc(C(O)c2sccc2C)cc(OC)c1OC. The highest BCUT2D eigenvalue weighted by molar-refractivity contribution is 7.10. The fraction of sp³-hybridized carbons (Fsp3) is 0.333. The molecule has 1 unspecified atom stereocenters. The molecule has 0 aliphatic heterocycles. The number of aliphatic hydroxyl groups is 1. The Balaban J connectivity index is 2.49. The lowest BCUT2D eigenvalue weighted by atomic mass is 10.0. The summed E-state index contributed by atoms with van der Waals surface area (Å²) < 4.78 is 15.9. The average molecular weight is 294 g/mol. The van der Waals surface area contributed by atoms with Crippen molar-refractivity contribution in [2.24, 2.45) is 0 Å². The van der Waals surface area contributed by atoms with Gasteiger partial charge in [-0.05, 0) is 41.6 Å². The highest BCUT2D eigenvalue weighted by atomic mass is 32.1. The van der Waals surface area contributed by atoms with E-state index in [0.29, 0.717) is 22.8 Å². The second kappa shape index (κ2) is 6.15. The van der Waals surface area contributed by atoms with Crippen LogP contribution in [-0.2, 0) is 0 Å². The number of rotatable bonds is 5. The van der Waals surface area contributed by atoms with Gasteiger partial charge in [0.25, 0.3) is 0 Å². The number of aryl methyl sites for hydroxylation is 1. The van der Waals surface area contributed by atoms with Crippen LogP contribution in [0.15, 0.2) is 23.6 Å². The molecule has 0 saturated carbocycles. The van der Waals surface area contributed by atoms with Gasteiger partial charge in [-0.1, -0.05) is 0 Å². The minimum atomic E-state index is -0.705. The van der Waals surface area contributed by atoms with E-state index in [0.717, 1.165) is 10.4 Å². The van der Waals surface area contributed by atoms with Crippen molar-refractivity contribution in [3.63, 3.8) is 0 Å². The standard InChI is InChI=1S/C15H18O4S/c1-9-5-6-20-15(9)13(16)10-7-11(17-2)14(19-4)12(8-10)18-3/h5-8,13,16H,1-4H3. The third-order valence-corrected chi connectivity index (χ3v) is 4.22. The van der Waals surface area contributed by atoms with Crippen LogP contribution in [0.1, 0.15) is 22.1 Å². The molecule has 20 heavy (non-hydrogen) atoms. The first-order valence-corrected chi connectivity index (χ1v) is 7.02. The maximum absolute atomic E-state index is 10.5. The second-order valence-electron chi connectivity index (χ2n) is 4.33. The van der Waals surface area contributed by atoms with E-state index in [1.165, 1.54) is 11.3 Å². The van der Waals surface area contributed by atoms with E-state index in [9.17, 15) is 5.11 Å². The van der Waals surface area contributed by atoms with E-state index in [4.69, 9.17) is 14.2 Å². The first-order valence-electron chi connectivity index (χ1n) is 6.14. The number of ether oxygens (including phenoxy) is 3. The van der Waals surface area contributed by atoms with Gasteiger partial charge in [0.2, 0.25) is 5.75 Å². The van der Waals surface area contributed by atoms with Crippen molar-refractivity contribution in [3.8, 4) is 17.2 Å². The van der Waals surface area contributed by atoms with E-state index >= 15 is 0 Å². The van der Waals surface area contributed by atoms with Crippen molar-refractivity contribution < 1.29 is 19.3 Å². The number of thiophene rings is 1. The number of hydrogen-bond acceptors (Lipinski definition) is 5. The van der Waals surface area contributed by atoms with Gasteiger partial charge in [-0.2, -0.15) is 0 Å². The molecule has 1 N–H and O–H groups in total. The Kier molecular flexibility index (Phi) is 4.52. The van der Waals surface area contributed by atoms with Crippen LogP contribution in [0.2, 0.25) is 0 Å². The maximum Gasteiger partial charge on any atom is 0.203 e. The van der Waals surface area contributed by atoms with Crippen molar-refractivity contribution in [2.45, 2.75) is 13.0 Å². The van der Waals surface area contributed by atoms with Crippen molar-refractivity contribution >= 4 is 11.3 Å². The van der Waals surface area contributed by atoms with Gasteiger partial charge in [0.05, 0.1) is 21.3 Å². The highest BCUT2D eigenvalue weighted by Gasteiger charge is 2.20. The van der Waals surface area contributed by atoms with Crippen LogP contribution < -0.4 is 14.2 Å². The molecule has 0 fully saturated rings. The Morgan fingerprint density at radius 1 is 1.05 bits per heavy atom. The number of hydrogen-bond donors (Lipinski definition) is 1. The molecule has 0 saturated heterocycles. The zero-order valence-corrected chi connectivity index (χ0v) is 12.8. The van der Waals surface area contributed by atoms with Crippen LogP contribution in [0.3, 0.4) is 0 Å². The highest BCUT2D eigenvalue weighted by Crippen LogP contribution is 2.41. The minimum absolute atomic E-state index is 0.522. The molecule has 0 radical (unpaired) electrons. The molecular formula is C15H18O4S. The second-order valence-corrected chi connectivity index (χ2v) is 5.28. The van der Waals surface area contributed by atoms with Gasteiger partial charge in [0.1, 0.15) is 6.10 Å². The smallest absolute Gasteiger partial charge is 0.203 e. The molecule has 108 valence electrons. The molecule has 1 aromatic heterocycles. The molecular weight excluding hydrogens is 276 g/mol. The first-order chi connectivity index (χ1) is 9.62. The van der Waals surface area contributed by atoms with Gasteiger partial charge in [-0.3, -0.25) is 0 Å². The number of aliphatic hydroxyl groups excluding tert-OH is 1. The molecule has 0 aliphatic rings. The normalized spacial score (nSPS) is 12.1. The zero-order valence-electron chi connectivity index (χ0n) is 12.0. The Morgan fingerprint density at radius 2 is 1.65 bits per heavy atom. The largest absolute Gasteiger partial charge is 0.493 e. The predicted molar refractivity (Wildman–Crippen MR) is 79.2 cm³/mol. The van der Waals surface area contributed by atoms with E-state index in [2.05, 4.69) is 0 Å². The summed E-state index contributed by atoms with van der Waals surface area (Å²) in [5.41, 5.74) is 1.78. The number of methoxy groups -OCH3 is 3. The van der Waals surface area contributed by atoms with Gasteiger partial charge in [-0.15, -0.1) is 11.3 Å². The molecule has 5 heteroatoms. The van der Waals surface area contributed by atoms with Gasteiger partial charge < -0.3 is 19.3 Å². The third kappa shape index (κ3) is 2.59. The fourth-order valence-electron chi connectivity index (χ4n) is 2.08. The van der Waals surface area contributed by atoms with E-state index < -0.39 is 6.10 Å². The van der Waals surface area contributed by atoms with Crippen LogP contribution in [-0.4, -0.2) is 26.4 Å². The van der Waals surface area contributed by atoms with Crippen molar-refractivity contribution in [2.75, 3.05) is 21.3 Å². The average Bonchev–Trinajstić information content (AvgIpc) is 2.90. The van der Waals surface area contributed by atoms with Gasteiger partial charge in [0, 0.05) is 4.88 Å². The lowest BCUT2D eigenvalue weighted by Crippen LogP contribution is -2.02. The summed E-state index contributed by atoms with van der Waals surface area (Å²) in [6.45, 7) is 1.98. The van der Waals surface area contributed by atoms with Crippen molar-refractivity contribution in [3.05, 3.63) is 39.6 Å². The lowest BCUT2D eigenvalue weighted by molar-refractivity contribution is 0.221. The van der Waals surface area contributed by atoms with Crippen LogP contribution >= 0.6 is 11.3 Å². The summed E-state index contributed by atoms with van der Waals surface area (Å²) in [5.74, 6) is 1.60. The van der Waals surface area contributed by atoms with Crippen molar-refractivity contribution in [1.29, 1.82) is 0 Å². The summed E-state index contributed by atoms with van der Waals surface area (Å²) in [4.78, 5) is 0.916. The van der Waals surface area contributed by atoms with E-state index in [1.807, 2.05) is 18.4 Å². The summed E-state index contributed by atoms with van der Waals surface area (Å²) in [6, 6.07) is 5.53. The van der Waals surface area contributed by atoms with Crippen LogP contribution in [0, 0.1) is 6.92 Å². The number of benzene rings is 1. The molecule has 1 atom stereocenters. The van der Waals surface area contributed by atoms with Crippen LogP contribution in [0.25, 0.3) is 0 Å². The Labute approximate surface area is 122 Å². The van der Waals surface area contributed by atoms with Crippen LogP contribution in [0.5, 0.6) is 17.2 Å². The third-order valence-electron chi connectivity index (χ3n) is 3.15. The molecule has 0 aliphatic carbocycles. The summed E-state index contributed by atoms with van der Waals surface area (Å²) in [5, 5.41) is 12.5. The quantitative estimate of drug-likeness (QED) is 0.920. The predicted octanol–water partition coefficient (Wildman–Crippen LogP) is 3.16. The first kappa shape index (κ1) is 14.7. The van der Waals surface area contributed by atoms with Gasteiger partial charge >= 0.3 is 0 Å².